The van der Waals surface area contributed by atoms with Crippen molar-refractivity contribution in [3.63, 3.8) is 0 Å². The van der Waals surface area contributed by atoms with Gasteiger partial charge in [0, 0.05) is 25.2 Å². The first-order valence-electron chi connectivity index (χ1n) is 6.83. The minimum Gasteiger partial charge on any atom is -0.393 e. The van der Waals surface area contributed by atoms with Crippen LogP contribution in [0.2, 0.25) is 0 Å². The van der Waals surface area contributed by atoms with Gasteiger partial charge in [-0.2, -0.15) is 0 Å². The smallest absolute Gasteiger partial charge is 0.255 e. The van der Waals surface area contributed by atoms with Gasteiger partial charge in [-0.25, -0.2) is 0 Å². The molecule has 4 nitrogen and oxygen atoms in total. The molecule has 5 heteroatoms. The molecule has 0 spiro atoms. The molecule has 0 saturated heterocycles. The minimum atomic E-state index is -0.0000463. The molecule has 1 heterocycles. The van der Waals surface area contributed by atoms with Gasteiger partial charge in [-0.1, -0.05) is 26.1 Å². The van der Waals surface area contributed by atoms with Crippen molar-refractivity contribution in [3.05, 3.63) is 29.1 Å². The van der Waals surface area contributed by atoms with Gasteiger partial charge in [0.15, 0.2) is 0 Å². The van der Waals surface area contributed by atoms with E-state index in [1.807, 2.05) is 30.9 Å². The summed E-state index contributed by atoms with van der Waals surface area (Å²) in [5, 5.41) is 0. The Bertz CT molecular complexity index is 500. The van der Waals surface area contributed by atoms with E-state index in [1.54, 1.807) is 0 Å². The van der Waals surface area contributed by atoms with Crippen molar-refractivity contribution < 1.29 is 4.79 Å². The summed E-state index contributed by atoms with van der Waals surface area (Å²) in [6.45, 7) is 9.19. The summed E-state index contributed by atoms with van der Waals surface area (Å²) in [6, 6.07) is 3.70. The Labute approximate surface area is 126 Å². The van der Waals surface area contributed by atoms with Gasteiger partial charge in [0.2, 0.25) is 0 Å². The molecule has 0 unspecified atom stereocenters. The molecule has 0 aromatic carbocycles. The standard InChI is InChI=1S/C15H23N3OS/c1-10(2)9-18(8-7-14(16)20)15(19)13-6-5-11(3)17-12(13)4/h5-6,10H,7-9H2,1-4H3,(H2,16,20). The molecule has 0 aliphatic rings. The molecule has 0 atom stereocenters. The summed E-state index contributed by atoms with van der Waals surface area (Å²) < 4.78 is 0. The highest BCUT2D eigenvalue weighted by Gasteiger charge is 2.19. The zero-order chi connectivity index (χ0) is 15.3. The first kappa shape index (κ1) is 16.6. The Hall–Kier alpha value is -1.49. The van der Waals surface area contributed by atoms with E-state index in [9.17, 15) is 4.79 Å². The van der Waals surface area contributed by atoms with Crippen LogP contribution in [0.3, 0.4) is 0 Å². The maximum Gasteiger partial charge on any atom is 0.255 e. The largest absolute Gasteiger partial charge is 0.393 e. The Morgan fingerprint density at radius 2 is 2.05 bits per heavy atom. The number of rotatable bonds is 6. The number of thiocarbonyl (C=S) groups is 1. The number of nitrogens with zero attached hydrogens (tertiary/aromatic N) is 2. The van der Waals surface area contributed by atoms with Crippen LogP contribution < -0.4 is 5.73 Å². The molecule has 1 aromatic rings. The van der Waals surface area contributed by atoms with Crippen molar-refractivity contribution in [2.24, 2.45) is 11.7 Å². The Balaban J connectivity index is 2.93. The molecule has 0 fully saturated rings. The molecule has 0 aliphatic heterocycles. The van der Waals surface area contributed by atoms with E-state index < -0.39 is 0 Å². The van der Waals surface area contributed by atoms with Gasteiger partial charge >= 0.3 is 0 Å². The molecule has 1 rings (SSSR count). The Morgan fingerprint density at radius 1 is 1.40 bits per heavy atom. The van der Waals surface area contributed by atoms with E-state index in [4.69, 9.17) is 18.0 Å². The molecule has 0 radical (unpaired) electrons. The summed E-state index contributed by atoms with van der Waals surface area (Å²) in [4.78, 5) is 19.2. The zero-order valence-corrected chi connectivity index (χ0v) is 13.5. The Morgan fingerprint density at radius 3 is 2.55 bits per heavy atom. The monoisotopic (exact) mass is 293 g/mol. The van der Waals surface area contributed by atoms with Crippen molar-refractivity contribution in [3.8, 4) is 0 Å². The number of aromatic nitrogens is 1. The van der Waals surface area contributed by atoms with Crippen LogP contribution in [0.5, 0.6) is 0 Å². The van der Waals surface area contributed by atoms with E-state index in [0.717, 1.165) is 11.4 Å². The van der Waals surface area contributed by atoms with Gasteiger partial charge < -0.3 is 10.6 Å². The van der Waals surface area contributed by atoms with Gasteiger partial charge in [0.25, 0.3) is 5.91 Å². The van der Waals surface area contributed by atoms with Crippen LogP contribution >= 0.6 is 12.2 Å². The fourth-order valence-corrected chi connectivity index (χ4v) is 2.14. The lowest BCUT2D eigenvalue weighted by atomic mass is 10.1. The molecule has 20 heavy (non-hydrogen) atoms. The first-order valence-corrected chi connectivity index (χ1v) is 7.24. The second-order valence-electron chi connectivity index (χ2n) is 5.45. The topological polar surface area (TPSA) is 59.2 Å². The summed E-state index contributed by atoms with van der Waals surface area (Å²) in [7, 11) is 0. The summed E-state index contributed by atoms with van der Waals surface area (Å²) >= 11 is 4.90. The number of carbonyl (C=O) groups excluding carboxylic acids is 1. The van der Waals surface area contributed by atoms with Gasteiger partial charge in [0.05, 0.1) is 16.2 Å². The number of nitrogens with two attached hydrogens (primary N) is 1. The van der Waals surface area contributed by atoms with E-state index in [2.05, 4.69) is 18.8 Å². The normalized spacial score (nSPS) is 10.7. The molecule has 1 amide bonds. The molecule has 0 saturated carbocycles. The number of aryl methyl sites for hydroxylation is 2. The van der Waals surface area contributed by atoms with Gasteiger partial charge in [-0.05, 0) is 31.9 Å². The molecule has 0 aliphatic carbocycles. The van der Waals surface area contributed by atoms with Crippen molar-refractivity contribution in [1.82, 2.24) is 9.88 Å². The van der Waals surface area contributed by atoms with Crippen LogP contribution in [0.15, 0.2) is 12.1 Å². The van der Waals surface area contributed by atoms with E-state index in [-0.39, 0.29) is 5.91 Å². The average Bonchev–Trinajstić information content (AvgIpc) is 2.33. The number of hydrogen-bond donors (Lipinski definition) is 1. The van der Waals surface area contributed by atoms with Crippen LogP contribution in [0.25, 0.3) is 0 Å². The predicted molar refractivity (Wildman–Crippen MR) is 85.9 cm³/mol. The fourth-order valence-electron chi connectivity index (χ4n) is 2.04. The minimum absolute atomic E-state index is 0.0000463. The number of amides is 1. The molecular weight excluding hydrogens is 270 g/mol. The van der Waals surface area contributed by atoms with Crippen molar-refractivity contribution in [2.75, 3.05) is 13.1 Å². The molecular formula is C15H23N3OS. The summed E-state index contributed by atoms with van der Waals surface area (Å²) in [5.41, 5.74) is 7.87. The van der Waals surface area contributed by atoms with Gasteiger partial charge in [-0.15, -0.1) is 0 Å². The van der Waals surface area contributed by atoms with Crippen LogP contribution in [-0.2, 0) is 0 Å². The highest BCUT2D eigenvalue weighted by atomic mass is 32.1. The first-order chi connectivity index (χ1) is 9.31. The van der Waals surface area contributed by atoms with E-state index in [1.165, 1.54) is 0 Å². The van der Waals surface area contributed by atoms with Gasteiger partial charge in [0.1, 0.15) is 0 Å². The van der Waals surface area contributed by atoms with Crippen LogP contribution in [0, 0.1) is 19.8 Å². The summed E-state index contributed by atoms with van der Waals surface area (Å²) in [6.07, 6.45) is 0.548. The lowest BCUT2D eigenvalue weighted by Crippen LogP contribution is -2.37. The zero-order valence-electron chi connectivity index (χ0n) is 12.6. The molecule has 1 aromatic heterocycles. The lowest BCUT2D eigenvalue weighted by molar-refractivity contribution is 0.0740. The van der Waals surface area contributed by atoms with Crippen LogP contribution in [-0.4, -0.2) is 33.9 Å². The number of hydrogen-bond acceptors (Lipinski definition) is 3. The third kappa shape index (κ3) is 4.89. The van der Waals surface area contributed by atoms with Crippen molar-refractivity contribution in [2.45, 2.75) is 34.1 Å². The van der Waals surface area contributed by atoms with Gasteiger partial charge in [-0.3, -0.25) is 9.78 Å². The van der Waals surface area contributed by atoms with Crippen molar-refractivity contribution >= 4 is 23.1 Å². The quantitative estimate of drug-likeness (QED) is 0.819. The molecule has 0 bridgehead atoms. The number of carbonyl (C=O) groups is 1. The highest BCUT2D eigenvalue weighted by molar-refractivity contribution is 7.80. The van der Waals surface area contributed by atoms with E-state index >= 15 is 0 Å². The van der Waals surface area contributed by atoms with Crippen LogP contribution in [0.4, 0.5) is 0 Å². The average molecular weight is 293 g/mol. The maximum atomic E-state index is 12.6. The highest BCUT2D eigenvalue weighted by Crippen LogP contribution is 2.12. The van der Waals surface area contributed by atoms with Crippen molar-refractivity contribution in [1.29, 1.82) is 0 Å². The molecule has 110 valence electrons. The fraction of sp³-hybridized carbons (Fsp3) is 0.533. The third-order valence-electron chi connectivity index (χ3n) is 2.96. The second kappa shape index (κ2) is 7.33. The van der Waals surface area contributed by atoms with E-state index in [0.29, 0.717) is 36.0 Å². The SMILES string of the molecule is Cc1ccc(C(=O)N(CCC(N)=S)CC(C)C)c(C)n1. The maximum absolute atomic E-state index is 12.6. The van der Waals surface area contributed by atoms with Crippen LogP contribution in [0.1, 0.15) is 42.0 Å². The third-order valence-corrected chi connectivity index (χ3v) is 3.16. The lowest BCUT2D eigenvalue weighted by Gasteiger charge is -2.25. The number of pyridine rings is 1. The predicted octanol–water partition coefficient (Wildman–Crippen LogP) is 2.47. The summed E-state index contributed by atoms with van der Waals surface area (Å²) in [5.74, 6) is 0.393. The molecule has 2 N–H and O–H groups in total. The second-order valence-corrected chi connectivity index (χ2v) is 5.97. The Kier molecular flexibility index (Phi) is 6.07.